The lowest BCUT2D eigenvalue weighted by Crippen LogP contribution is -2.19. The van der Waals surface area contributed by atoms with Crippen LogP contribution in [0.1, 0.15) is 15.9 Å². The Morgan fingerprint density at radius 2 is 2.00 bits per heavy atom. The van der Waals surface area contributed by atoms with Gasteiger partial charge in [0.15, 0.2) is 11.5 Å². The topological polar surface area (TPSA) is 104 Å². The summed E-state index contributed by atoms with van der Waals surface area (Å²) in [7, 11) is 5.06. The zero-order valence-corrected chi connectivity index (χ0v) is 15.6. The Hall–Kier alpha value is -3.20. The third kappa shape index (κ3) is 5.38. The summed E-state index contributed by atoms with van der Waals surface area (Å²) >= 11 is 0. The molecular formula is C18H21N3O6. The highest BCUT2D eigenvalue weighted by Crippen LogP contribution is 2.36. The van der Waals surface area contributed by atoms with Gasteiger partial charge in [-0.15, -0.1) is 0 Å². The number of likely N-dealkylation sites (N-methyl/N-ethyl adjacent to an activating group) is 1. The number of esters is 1. The zero-order valence-electron chi connectivity index (χ0n) is 15.6. The molecular weight excluding hydrogens is 354 g/mol. The predicted molar refractivity (Wildman–Crippen MR) is 97.5 cm³/mol. The normalized spacial score (nSPS) is 10.6. The molecule has 9 nitrogen and oxygen atoms in total. The van der Waals surface area contributed by atoms with Crippen LogP contribution in [0.3, 0.4) is 0 Å². The molecule has 0 bridgehead atoms. The van der Waals surface area contributed by atoms with Gasteiger partial charge in [0, 0.05) is 18.8 Å². The Kier molecular flexibility index (Phi) is 6.67. The summed E-state index contributed by atoms with van der Waals surface area (Å²) in [6.07, 6.45) is 1.47. The number of benzene rings is 1. The van der Waals surface area contributed by atoms with Gasteiger partial charge in [-0.2, -0.15) is 0 Å². The fraction of sp³-hybridized carbons (Fsp3) is 0.333. The molecule has 0 atom stereocenters. The number of pyridine rings is 1. The van der Waals surface area contributed by atoms with Gasteiger partial charge in [0.2, 0.25) is 0 Å². The van der Waals surface area contributed by atoms with Gasteiger partial charge in [0.1, 0.15) is 6.61 Å². The van der Waals surface area contributed by atoms with Gasteiger partial charge in [0.25, 0.3) is 5.88 Å². The maximum absolute atomic E-state index is 11.8. The molecule has 0 spiro atoms. The third-order valence-corrected chi connectivity index (χ3v) is 3.53. The molecule has 0 aliphatic carbocycles. The van der Waals surface area contributed by atoms with Crippen molar-refractivity contribution in [3.63, 3.8) is 0 Å². The number of aryl methyl sites for hydroxylation is 1. The van der Waals surface area contributed by atoms with Crippen LogP contribution in [0.2, 0.25) is 0 Å². The number of methoxy groups -OCH3 is 1. The fourth-order valence-electron chi connectivity index (χ4n) is 2.14. The van der Waals surface area contributed by atoms with E-state index < -0.39 is 10.9 Å². The zero-order chi connectivity index (χ0) is 20.0. The number of ether oxygens (including phenoxy) is 3. The van der Waals surface area contributed by atoms with Gasteiger partial charge in [-0.3, -0.25) is 10.1 Å². The summed E-state index contributed by atoms with van der Waals surface area (Å²) in [5.41, 5.74) is 0.653. The second-order valence-electron chi connectivity index (χ2n) is 6.00. The SMILES string of the molecule is COC(=O)c1ccc(Oc2ncc(C)cc2[N+](=O)[O-])c(OCCN(C)C)c1. The van der Waals surface area contributed by atoms with Gasteiger partial charge in [0.05, 0.1) is 17.6 Å². The summed E-state index contributed by atoms with van der Waals surface area (Å²) in [6.45, 7) is 2.66. The third-order valence-electron chi connectivity index (χ3n) is 3.53. The Morgan fingerprint density at radius 3 is 2.63 bits per heavy atom. The number of hydrogen-bond acceptors (Lipinski definition) is 8. The number of carbonyl (C=O) groups excluding carboxylic acids is 1. The summed E-state index contributed by atoms with van der Waals surface area (Å²) in [4.78, 5) is 28.4. The van der Waals surface area contributed by atoms with E-state index >= 15 is 0 Å². The van der Waals surface area contributed by atoms with Crippen LogP contribution in [0.4, 0.5) is 5.69 Å². The van der Waals surface area contributed by atoms with E-state index in [2.05, 4.69) is 4.98 Å². The van der Waals surface area contributed by atoms with E-state index in [0.717, 1.165) is 0 Å². The maximum Gasteiger partial charge on any atom is 0.337 e. The minimum Gasteiger partial charge on any atom is -0.488 e. The monoisotopic (exact) mass is 375 g/mol. The van der Waals surface area contributed by atoms with E-state index in [1.165, 1.54) is 37.6 Å². The number of nitro groups is 1. The second-order valence-corrected chi connectivity index (χ2v) is 6.00. The molecule has 1 aromatic heterocycles. The molecule has 2 aromatic rings. The maximum atomic E-state index is 11.8. The molecule has 0 saturated heterocycles. The summed E-state index contributed by atoms with van der Waals surface area (Å²) in [5, 5.41) is 11.3. The average molecular weight is 375 g/mol. The van der Waals surface area contributed by atoms with Gasteiger partial charge >= 0.3 is 11.7 Å². The van der Waals surface area contributed by atoms with E-state index in [9.17, 15) is 14.9 Å². The van der Waals surface area contributed by atoms with Crippen molar-refractivity contribution in [2.75, 3.05) is 34.4 Å². The highest BCUT2D eigenvalue weighted by molar-refractivity contribution is 5.90. The first-order chi connectivity index (χ1) is 12.8. The van der Waals surface area contributed by atoms with Crippen LogP contribution in [-0.4, -0.2) is 55.1 Å². The molecule has 0 amide bonds. The molecule has 0 unspecified atom stereocenters. The molecule has 27 heavy (non-hydrogen) atoms. The van der Waals surface area contributed by atoms with Crippen molar-refractivity contribution >= 4 is 11.7 Å². The Morgan fingerprint density at radius 1 is 1.26 bits per heavy atom. The standard InChI is InChI=1S/C18H21N3O6/c1-12-9-14(21(23)24)17(19-11-12)27-15-6-5-13(18(22)25-4)10-16(15)26-8-7-20(2)3/h5-6,9-11H,7-8H2,1-4H3. The summed E-state index contributed by atoms with van der Waals surface area (Å²) < 4.78 is 16.1. The van der Waals surface area contributed by atoms with Crippen LogP contribution in [0, 0.1) is 17.0 Å². The highest BCUT2D eigenvalue weighted by Gasteiger charge is 2.20. The van der Waals surface area contributed by atoms with Crippen molar-refractivity contribution in [1.82, 2.24) is 9.88 Å². The molecule has 0 radical (unpaired) electrons. The summed E-state index contributed by atoms with van der Waals surface area (Å²) in [5.74, 6) is -0.218. The van der Waals surface area contributed by atoms with Crippen LogP contribution in [0.5, 0.6) is 17.4 Å². The first-order valence-electron chi connectivity index (χ1n) is 8.10. The predicted octanol–water partition coefficient (Wildman–Crippen LogP) is 2.82. The number of aromatic nitrogens is 1. The highest BCUT2D eigenvalue weighted by atomic mass is 16.6. The number of carbonyl (C=O) groups is 1. The van der Waals surface area contributed by atoms with Crippen LogP contribution in [-0.2, 0) is 4.74 Å². The first-order valence-corrected chi connectivity index (χ1v) is 8.10. The molecule has 0 aliphatic heterocycles. The lowest BCUT2D eigenvalue weighted by atomic mass is 10.2. The van der Waals surface area contributed by atoms with Crippen molar-refractivity contribution in [3.05, 3.63) is 51.7 Å². The quantitative estimate of drug-likeness (QED) is 0.394. The average Bonchev–Trinajstić information content (AvgIpc) is 2.63. The van der Waals surface area contributed by atoms with E-state index in [0.29, 0.717) is 18.7 Å². The van der Waals surface area contributed by atoms with Crippen molar-refractivity contribution in [2.45, 2.75) is 6.92 Å². The molecule has 0 N–H and O–H groups in total. The Labute approximate surface area is 156 Å². The fourth-order valence-corrected chi connectivity index (χ4v) is 2.14. The molecule has 1 aromatic carbocycles. The van der Waals surface area contributed by atoms with Crippen molar-refractivity contribution in [1.29, 1.82) is 0 Å². The van der Waals surface area contributed by atoms with Gasteiger partial charge in [-0.1, -0.05) is 0 Å². The Balaban J connectivity index is 2.37. The summed E-state index contributed by atoms with van der Waals surface area (Å²) in [6, 6.07) is 5.82. The smallest absolute Gasteiger partial charge is 0.337 e. The number of hydrogen-bond donors (Lipinski definition) is 0. The van der Waals surface area contributed by atoms with Crippen LogP contribution < -0.4 is 9.47 Å². The van der Waals surface area contributed by atoms with Crippen molar-refractivity contribution in [2.24, 2.45) is 0 Å². The molecule has 1 heterocycles. The van der Waals surface area contributed by atoms with Crippen LogP contribution >= 0.6 is 0 Å². The van der Waals surface area contributed by atoms with Gasteiger partial charge < -0.3 is 19.1 Å². The van der Waals surface area contributed by atoms with E-state index in [1.54, 1.807) is 6.92 Å². The number of nitrogens with zero attached hydrogens (tertiary/aromatic N) is 3. The van der Waals surface area contributed by atoms with Crippen molar-refractivity contribution < 1.29 is 23.9 Å². The minimum absolute atomic E-state index is 0.158. The Bertz CT molecular complexity index is 838. The minimum atomic E-state index is -0.565. The molecule has 0 fully saturated rings. The van der Waals surface area contributed by atoms with Crippen molar-refractivity contribution in [3.8, 4) is 17.4 Å². The lowest BCUT2D eigenvalue weighted by molar-refractivity contribution is -0.386. The van der Waals surface area contributed by atoms with E-state index in [1.807, 2.05) is 19.0 Å². The van der Waals surface area contributed by atoms with E-state index in [4.69, 9.17) is 14.2 Å². The molecule has 144 valence electrons. The van der Waals surface area contributed by atoms with Crippen LogP contribution in [0.15, 0.2) is 30.5 Å². The van der Waals surface area contributed by atoms with E-state index in [-0.39, 0.29) is 28.6 Å². The first kappa shape index (κ1) is 20.1. The van der Waals surface area contributed by atoms with Crippen LogP contribution in [0.25, 0.3) is 0 Å². The van der Waals surface area contributed by atoms with Gasteiger partial charge in [-0.25, -0.2) is 9.78 Å². The second kappa shape index (κ2) is 8.95. The molecule has 9 heteroatoms. The molecule has 0 aliphatic rings. The molecule has 2 rings (SSSR count). The lowest BCUT2D eigenvalue weighted by Gasteiger charge is -2.15. The number of rotatable bonds is 8. The van der Waals surface area contributed by atoms with Gasteiger partial charge in [-0.05, 0) is 44.8 Å². The largest absolute Gasteiger partial charge is 0.488 e. The molecule has 0 saturated carbocycles.